The third-order valence-corrected chi connectivity index (χ3v) is 6.27. The Balaban J connectivity index is 1.72. The highest BCUT2D eigenvalue weighted by Crippen LogP contribution is 2.32. The maximum Gasteiger partial charge on any atom is 0.196 e. The fourth-order valence-corrected chi connectivity index (χ4v) is 4.66. The quantitative estimate of drug-likeness (QED) is 0.398. The lowest BCUT2D eigenvalue weighted by molar-refractivity contribution is 0.414. The van der Waals surface area contributed by atoms with Crippen molar-refractivity contribution in [1.29, 1.82) is 0 Å². The number of pyridine rings is 1. The Labute approximate surface area is 170 Å². The minimum absolute atomic E-state index is 0.772. The molecule has 0 amide bonds. The summed E-state index contributed by atoms with van der Waals surface area (Å²) in [6.07, 6.45) is 3.51. The van der Waals surface area contributed by atoms with Gasteiger partial charge in [0.1, 0.15) is 5.75 Å². The minimum atomic E-state index is 0.772. The molecule has 0 atom stereocenters. The second-order valence-corrected chi connectivity index (χ2v) is 8.31. The first kappa shape index (κ1) is 18.0. The van der Waals surface area contributed by atoms with E-state index in [-0.39, 0.29) is 0 Å². The molecule has 3 heterocycles. The second kappa shape index (κ2) is 8.12. The van der Waals surface area contributed by atoms with Crippen molar-refractivity contribution in [3.05, 3.63) is 70.1 Å². The van der Waals surface area contributed by atoms with Crippen LogP contribution in [-0.2, 0) is 5.75 Å². The van der Waals surface area contributed by atoms with Crippen molar-refractivity contribution in [2.24, 2.45) is 0 Å². The number of benzene rings is 1. The number of aromatic nitrogens is 4. The van der Waals surface area contributed by atoms with Gasteiger partial charge in [-0.2, -0.15) is 0 Å². The average Bonchev–Trinajstić information content (AvgIpc) is 3.33. The molecular weight excluding hydrogens is 400 g/mol. The van der Waals surface area contributed by atoms with E-state index >= 15 is 0 Å². The van der Waals surface area contributed by atoms with Crippen molar-refractivity contribution in [3.8, 4) is 22.8 Å². The van der Waals surface area contributed by atoms with Crippen LogP contribution in [0.15, 0.2) is 66.1 Å². The van der Waals surface area contributed by atoms with Gasteiger partial charge in [-0.15, -0.1) is 21.5 Å². The highest BCUT2D eigenvalue weighted by molar-refractivity contribution is 7.98. The van der Waals surface area contributed by atoms with Gasteiger partial charge in [-0.3, -0.25) is 9.55 Å². The van der Waals surface area contributed by atoms with Crippen LogP contribution in [0.3, 0.4) is 0 Å². The van der Waals surface area contributed by atoms with Gasteiger partial charge < -0.3 is 4.74 Å². The number of methoxy groups -OCH3 is 1. The Morgan fingerprint density at radius 3 is 2.48 bits per heavy atom. The molecule has 0 saturated heterocycles. The monoisotopic (exact) mass is 414 g/mol. The van der Waals surface area contributed by atoms with E-state index in [0.717, 1.165) is 38.1 Å². The number of halogens is 1. The first-order chi connectivity index (χ1) is 13.2. The van der Waals surface area contributed by atoms with Crippen LogP contribution in [0.5, 0.6) is 5.75 Å². The van der Waals surface area contributed by atoms with Crippen LogP contribution in [-0.4, -0.2) is 26.9 Å². The lowest BCUT2D eigenvalue weighted by Gasteiger charge is -2.11. The summed E-state index contributed by atoms with van der Waals surface area (Å²) >= 11 is 9.25. The van der Waals surface area contributed by atoms with Gasteiger partial charge in [0.2, 0.25) is 0 Å². The fraction of sp³-hybridized carbons (Fsp3) is 0.105. The molecule has 4 rings (SSSR count). The van der Waals surface area contributed by atoms with Gasteiger partial charge in [0, 0.05) is 34.3 Å². The first-order valence-corrected chi connectivity index (χ1v) is 10.3. The summed E-state index contributed by atoms with van der Waals surface area (Å²) in [6.45, 7) is 0. The normalized spacial score (nSPS) is 10.9. The molecule has 0 aliphatic heterocycles. The van der Waals surface area contributed by atoms with Crippen LogP contribution in [0, 0.1) is 0 Å². The molecular formula is C19H15ClN4OS2. The molecule has 0 spiro atoms. The largest absolute Gasteiger partial charge is 0.497 e. The third-order valence-electron chi connectivity index (χ3n) is 3.87. The molecule has 0 aliphatic rings. The standard InChI is InChI=1S/C19H15ClN4OS2/c1-25-15-4-2-14(3-5-15)24-18(13-8-10-21-11-9-13)22-23-19(24)26-12-16-6-7-17(20)27-16/h2-11H,12H2,1H3. The van der Waals surface area contributed by atoms with E-state index in [2.05, 4.69) is 19.7 Å². The van der Waals surface area contributed by atoms with Crippen molar-refractivity contribution in [1.82, 2.24) is 19.7 Å². The maximum atomic E-state index is 6.04. The summed E-state index contributed by atoms with van der Waals surface area (Å²) in [5.41, 5.74) is 1.93. The van der Waals surface area contributed by atoms with Gasteiger partial charge in [-0.1, -0.05) is 23.4 Å². The van der Waals surface area contributed by atoms with Crippen LogP contribution < -0.4 is 4.74 Å². The third kappa shape index (κ3) is 4.00. The van der Waals surface area contributed by atoms with Crippen LogP contribution in [0.25, 0.3) is 17.1 Å². The Morgan fingerprint density at radius 1 is 1.04 bits per heavy atom. The van der Waals surface area contributed by atoms with E-state index < -0.39 is 0 Å². The Bertz CT molecular complexity index is 1030. The minimum Gasteiger partial charge on any atom is -0.497 e. The smallest absolute Gasteiger partial charge is 0.196 e. The predicted molar refractivity (Wildman–Crippen MR) is 110 cm³/mol. The molecule has 8 heteroatoms. The molecule has 5 nitrogen and oxygen atoms in total. The van der Waals surface area contributed by atoms with E-state index in [1.165, 1.54) is 4.88 Å². The molecule has 0 aliphatic carbocycles. The molecule has 0 bridgehead atoms. The zero-order chi connectivity index (χ0) is 18.6. The van der Waals surface area contributed by atoms with Crippen molar-refractivity contribution in [3.63, 3.8) is 0 Å². The van der Waals surface area contributed by atoms with E-state index in [1.807, 2.05) is 48.5 Å². The van der Waals surface area contributed by atoms with E-state index in [9.17, 15) is 0 Å². The molecule has 0 N–H and O–H groups in total. The summed E-state index contributed by atoms with van der Waals surface area (Å²) < 4.78 is 8.12. The summed E-state index contributed by atoms with van der Waals surface area (Å²) in [6, 6.07) is 15.7. The first-order valence-electron chi connectivity index (χ1n) is 8.12. The predicted octanol–water partition coefficient (Wildman–Crippen LogP) is 5.35. The molecule has 1 aromatic carbocycles. The molecule has 3 aromatic heterocycles. The molecule has 0 saturated carbocycles. The summed E-state index contributed by atoms with van der Waals surface area (Å²) in [7, 11) is 1.66. The van der Waals surface area contributed by atoms with Crippen molar-refractivity contribution < 1.29 is 4.74 Å². The van der Waals surface area contributed by atoms with Crippen LogP contribution >= 0.6 is 34.7 Å². The molecule has 0 radical (unpaired) electrons. The number of hydrogen-bond donors (Lipinski definition) is 0. The average molecular weight is 415 g/mol. The summed E-state index contributed by atoms with van der Waals surface area (Å²) in [5, 5.41) is 9.68. The van der Waals surface area contributed by atoms with Crippen LogP contribution in [0.4, 0.5) is 0 Å². The number of thiophene rings is 1. The van der Waals surface area contributed by atoms with E-state index in [0.29, 0.717) is 0 Å². The van der Waals surface area contributed by atoms with Gasteiger partial charge in [-0.05, 0) is 48.5 Å². The highest BCUT2D eigenvalue weighted by Gasteiger charge is 2.16. The van der Waals surface area contributed by atoms with Crippen molar-refractivity contribution in [2.75, 3.05) is 7.11 Å². The van der Waals surface area contributed by atoms with Gasteiger partial charge in [0.15, 0.2) is 11.0 Å². The number of nitrogens with zero attached hydrogens (tertiary/aromatic N) is 4. The highest BCUT2D eigenvalue weighted by atomic mass is 35.5. The SMILES string of the molecule is COc1ccc(-n2c(SCc3ccc(Cl)s3)nnc2-c2ccncc2)cc1. The topological polar surface area (TPSA) is 52.8 Å². The number of thioether (sulfide) groups is 1. The van der Waals surface area contributed by atoms with Crippen molar-refractivity contribution >= 4 is 34.7 Å². The number of hydrogen-bond acceptors (Lipinski definition) is 6. The summed E-state index contributed by atoms with van der Waals surface area (Å²) in [4.78, 5) is 5.28. The molecule has 4 aromatic rings. The van der Waals surface area contributed by atoms with Crippen molar-refractivity contribution in [2.45, 2.75) is 10.9 Å². The number of ether oxygens (including phenoxy) is 1. The molecule has 27 heavy (non-hydrogen) atoms. The van der Waals surface area contributed by atoms with Crippen LogP contribution in [0.1, 0.15) is 4.88 Å². The summed E-state index contributed by atoms with van der Waals surface area (Å²) in [5.74, 6) is 2.36. The second-order valence-electron chi connectivity index (χ2n) is 5.57. The number of rotatable bonds is 6. The van der Waals surface area contributed by atoms with E-state index in [4.69, 9.17) is 16.3 Å². The zero-order valence-corrected chi connectivity index (χ0v) is 16.8. The maximum absolute atomic E-state index is 6.04. The van der Waals surface area contributed by atoms with Crippen LogP contribution in [0.2, 0.25) is 4.34 Å². The zero-order valence-electron chi connectivity index (χ0n) is 14.4. The van der Waals surface area contributed by atoms with Gasteiger partial charge in [-0.25, -0.2) is 0 Å². The molecule has 136 valence electrons. The lowest BCUT2D eigenvalue weighted by atomic mass is 10.2. The Hall–Kier alpha value is -2.35. The van der Waals surface area contributed by atoms with Gasteiger partial charge >= 0.3 is 0 Å². The van der Waals surface area contributed by atoms with Gasteiger partial charge in [0.25, 0.3) is 0 Å². The van der Waals surface area contributed by atoms with E-state index in [1.54, 1.807) is 42.6 Å². The lowest BCUT2D eigenvalue weighted by Crippen LogP contribution is -2.00. The molecule has 0 unspecified atom stereocenters. The van der Waals surface area contributed by atoms with Gasteiger partial charge in [0.05, 0.1) is 11.4 Å². The molecule has 0 fully saturated rings. The Morgan fingerprint density at radius 2 is 1.81 bits per heavy atom. The fourth-order valence-electron chi connectivity index (χ4n) is 2.58. The Kier molecular flexibility index (Phi) is 5.42.